The number of nitrogens with zero attached hydrogens (tertiary/aromatic N) is 1. The summed E-state index contributed by atoms with van der Waals surface area (Å²) in [7, 11) is 1.51. The zero-order chi connectivity index (χ0) is 23.8. The SMILES string of the molecule is CCN(CC(=O)Nc1cccc(OC)c1)C(=O)C(NC(=O)c1c(F)cccc1F)C(C)C. The molecule has 0 radical (unpaired) electrons. The second kappa shape index (κ2) is 11.2. The van der Waals surface area contributed by atoms with E-state index < -0.39 is 46.9 Å². The number of nitrogens with one attached hydrogen (secondary N) is 2. The lowest BCUT2D eigenvalue weighted by Gasteiger charge is -2.28. The first-order chi connectivity index (χ1) is 15.2. The molecule has 0 bridgehead atoms. The Morgan fingerprint density at radius 2 is 1.69 bits per heavy atom. The van der Waals surface area contributed by atoms with Gasteiger partial charge in [0.1, 0.15) is 29.0 Å². The molecule has 0 saturated carbocycles. The number of rotatable bonds is 9. The van der Waals surface area contributed by atoms with Crippen molar-refractivity contribution in [3.05, 3.63) is 59.7 Å². The summed E-state index contributed by atoms with van der Waals surface area (Å²) in [5, 5.41) is 5.10. The molecule has 0 fully saturated rings. The van der Waals surface area contributed by atoms with E-state index in [2.05, 4.69) is 10.6 Å². The zero-order valence-corrected chi connectivity index (χ0v) is 18.4. The van der Waals surface area contributed by atoms with Crippen LogP contribution in [-0.4, -0.2) is 48.9 Å². The minimum absolute atomic E-state index is 0.192. The van der Waals surface area contributed by atoms with Crippen molar-refractivity contribution in [2.75, 3.05) is 25.5 Å². The van der Waals surface area contributed by atoms with Gasteiger partial charge in [-0.2, -0.15) is 0 Å². The van der Waals surface area contributed by atoms with Crippen LogP contribution in [0.1, 0.15) is 31.1 Å². The van der Waals surface area contributed by atoms with Gasteiger partial charge in [-0.1, -0.05) is 26.0 Å². The van der Waals surface area contributed by atoms with Gasteiger partial charge in [-0.3, -0.25) is 14.4 Å². The highest BCUT2D eigenvalue weighted by Crippen LogP contribution is 2.17. The lowest BCUT2D eigenvalue weighted by Crippen LogP contribution is -2.52. The molecule has 9 heteroatoms. The zero-order valence-electron chi connectivity index (χ0n) is 18.4. The summed E-state index contributed by atoms with van der Waals surface area (Å²) in [6, 6.07) is 8.75. The van der Waals surface area contributed by atoms with Crippen molar-refractivity contribution in [2.45, 2.75) is 26.8 Å². The topological polar surface area (TPSA) is 87.7 Å². The first-order valence-electron chi connectivity index (χ1n) is 10.2. The number of anilines is 1. The molecule has 0 aliphatic carbocycles. The Balaban J connectivity index is 2.12. The van der Waals surface area contributed by atoms with Crippen LogP contribution < -0.4 is 15.4 Å². The second-order valence-corrected chi connectivity index (χ2v) is 7.42. The molecule has 2 aromatic carbocycles. The third-order valence-corrected chi connectivity index (χ3v) is 4.79. The largest absolute Gasteiger partial charge is 0.497 e. The molecule has 3 amide bonds. The molecule has 2 aromatic rings. The first kappa shape index (κ1) is 24.8. The van der Waals surface area contributed by atoms with Crippen LogP contribution in [0.3, 0.4) is 0 Å². The van der Waals surface area contributed by atoms with E-state index in [4.69, 9.17) is 4.74 Å². The van der Waals surface area contributed by atoms with Gasteiger partial charge in [-0.15, -0.1) is 0 Å². The van der Waals surface area contributed by atoms with Gasteiger partial charge in [0.05, 0.1) is 13.7 Å². The van der Waals surface area contributed by atoms with Crippen molar-refractivity contribution in [1.82, 2.24) is 10.2 Å². The van der Waals surface area contributed by atoms with Gasteiger partial charge in [0.2, 0.25) is 11.8 Å². The average molecular weight is 447 g/mol. The fourth-order valence-electron chi connectivity index (χ4n) is 3.06. The normalized spacial score (nSPS) is 11.6. The number of amides is 3. The van der Waals surface area contributed by atoms with Crippen molar-refractivity contribution < 1.29 is 27.9 Å². The quantitative estimate of drug-likeness (QED) is 0.618. The molecule has 0 aliphatic rings. The highest BCUT2D eigenvalue weighted by molar-refractivity contribution is 5.99. The molecule has 0 aromatic heterocycles. The molecule has 7 nitrogen and oxygen atoms in total. The fraction of sp³-hybridized carbons (Fsp3) is 0.348. The number of carbonyl (C=O) groups is 3. The summed E-state index contributed by atoms with van der Waals surface area (Å²) in [5.74, 6) is -3.89. The molecule has 172 valence electrons. The van der Waals surface area contributed by atoms with E-state index in [1.165, 1.54) is 12.0 Å². The van der Waals surface area contributed by atoms with E-state index in [0.717, 1.165) is 18.2 Å². The van der Waals surface area contributed by atoms with E-state index in [9.17, 15) is 23.2 Å². The van der Waals surface area contributed by atoms with E-state index in [0.29, 0.717) is 11.4 Å². The summed E-state index contributed by atoms with van der Waals surface area (Å²) in [6.07, 6.45) is 0. The summed E-state index contributed by atoms with van der Waals surface area (Å²) >= 11 is 0. The Bertz CT molecular complexity index is 961. The monoisotopic (exact) mass is 447 g/mol. The van der Waals surface area contributed by atoms with Crippen LogP contribution in [-0.2, 0) is 9.59 Å². The Hall–Kier alpha value is -3.49. The van der Waals surface area contributed by atoms with E-state index in [1.807, 2.05) is 0 Å². The van der Waals surface area contributed by atoms with Crippen molar-refractivity contribution in [3.8, 4) is 5.75 Å². The van der Waals surface area contributed by atoms with Crippen LogP contribution in [0.5, 0.6) is 5.75 Å². The Kier molecular flexibility index (Phi) is 8.69. The molecular weight excluding hydrogens is 420 g/mol. The smallest absolute Gasteiger partial charge is 0.257 e. The average Bonchev–Trinajstić information content (AvgIpc) is 2.75. The molecule has 2 N–H and O–H groups in total. The number of hydrogen-bond acceptors (Lipinski definition) is 4. The maximum Gasteiger partial charge on any atom is 0.257 e. The number of benzene rings is 2. The Morgan fingerprint density at radius 1 is 1.06 bits per heavy atom. The van der Waals surface area contributed by atoms with E-state index in [-0.39, 0.29) is 13.1 Å². The number of ether oxygens (including phenoxy) is 1. The van der Waals surface area contributed by atoms with Gasteiger partial charge in [-0.05, 0) is 37.1 Å². The molecule has 32 heavy (non-hydrogen) atoms. The van der Waals surface area contributed by atoms with Crippen LogP contribution in [0, 0.1) is 17.6 Å². The van der Waals surface area contributed by atoms with Crippen molar-refractivity contribution >= 4 is 23.4 Å². The minimum Gasteiger partial charge on any atom is -0.497 e. The predicted octanol–water partition coefficient (Wildman–Crippen LogP) is 3.22. The Labute approximate surface area is 185 Å². The van der Waals surface area contributed by atoms with Gasteiger partial charge >= 0.3 is 0 Å². The maximum absolute atomic E-state index is 14.0. The summed E-state index contributed by atoms with van der Waals surface area (Å²) in [5.41, 5.74) is -0.258. The number of halogens is 2. The molecule has 0 spiro atoms. The lowest BCUT2D eigenvalue weighted by molar-refractivity contribution is -0.137. The first-order valence-corrected chi connectivity index (χ1v) is 10.2. The van der Waals surface area contributed by atoms with Crippen molar-refractivity contribution in [2.24, 2.45) is 5.92 Å². The number of carbonyl (C=O) groups excluding carboxylic acids is 3. The van der Waals surface area contributed by atoms with Gasteiger partial charge < -0.3 is 20.3 Å². The van der Waals surface area contributed by atoms with E-state index in [1.54, 1.807) is 45.0 Å². The summed E-state index contributed by atoms with van der Waals surface area (Å²) in [4.78, 5) is 39.3. The van der Waals surface area contributed by atoms with E-state index >= 15 is 0 Å². The third kappa shape index (κ3) is 6.26. The molecule has 1 atom stereocenters. The maximum atomic E-state index is 14.0. The van der Waals surface area contributed by atoms with Crippen LogP contribution in [0.15, 0.2) is 42.5 Å². The standard InChI is InChI=1S/C23H27F2N3O4/c1-5-28(13-19(29)26-15-8-6-9-16(12-15)32-4)23(31)21(14(2)3)27-22(30)20-17(24)10-7-11-18(20)25/h6-12,14,21H,5,13H2,1-4H3,(H,26,29)(H,27,30). The summed E-state index contributed by atoms with van der Waals surface area (Å²) in [6.45, 7) is 4.99. The number of likely N-dealkylation sites (N-methyl/N-ethyl adjacent to an activating group) is 1. The number of hydrogen-bond donors (Lipinski definition) is 2. The molecule has 2 rings (SSSR count). The highest BCUT2D eigenvalue weighted by Gasteiger charge is 2.31. The molecule has 0 heterocycles. The van der Waals surface area contributed by atoms with Crippen molar-refractivity contribution in [1.29, 1.82) is 0 Å². The highest BCUT2D eigenvalue weighted by atomic mass is 19.1. The molecular formula is C23H27F2N3O4. The molecule has 1 unspecified atom stereocenters. The molecule has 0 aliphatic heterocycles. The van der Waals surface area contributed by atoms with Gasteiger partial charge in [-0.25, -0.2) is 8.78 Å². The lowest BCUT2D eigenvalue weighted by atomic mass is 10.0. The third-order valence-electron chi connectivity index (χ3n) is 4.79. The van der Waals surface area contributed by atoms with Gasteiger partial charge in [0.15, 0.2) is 0 Å². The second-order valence-electron chi connectivity index (χ2n) is 7.42. The van der Waals surface area contributed by atoms with Crippen molar-refractivity contribution in [3.63, 3.8) is 0 Å². The van der Waals surface area contributed by atoms with Crippen LogP contribution in [0.25, 0.3) is 0 Å². The van der Waals surface area contributed by atoms with Crippen LogP contribution in [0.4, 0.5) is 14.5 Å². The summed E-state index contributed by atoms with van der Waals surface area (Å²) < 4.78 is 33.0. The molecule has 0 saturated heterocycles. The van der Waals surface area contributed by atoms with Crippen LogP contribution in [0.2, 0.25) is 0 Å². The van der Waals surface area contributed by atoms with Crippen LogP contribution >= 0.6 is 0 Å². The minimum atomic E-state index is -1.08. The number of methoxy groups -OCH3 is 1. The fourth-order valence-corrected chi connectivity index (χ4v) is 3.06. The van der Waals surface area contributed by atoms with Gasteiger partial charge in [0, 0.05) is 18.3 Å². The van der Waals surface area contributed by atoms with Gasteiger partial charge in [0.25, 0.3) is 5.91 Å². The Morgan fingerprint density at radius 3 is 2.25 bits per heavy atom. The predicted molar refractivity (Wildman–Crippen MR) is 116 cm³/mol.